The van der Waals surface area contributed by atoms with Crippen LogP contribution in [-0.2, 0) is 14.3 Å². The summed E-state index contributed by atoms with van der Waals surface area (Å²) in [6.45, 7) is 6.75. The van der Waals surface area contributed by atoms with Crippen LogP contribution < -0.4 is 0 Å². The summed E-state index contributed by atoms with van der Waals surface area (Å²) in [7, 11) is 0. The molecule has 2 saturated heterocycles. The summed E-state index contributed by atoms with van der Waals surface area (Å²) in [6.07, 6.45) is 7.82. The SMILES string of the molecule is Cc1nccn1[C@@H]1CCCN(C(=O)[C@@H](C)OC[C@@H]2CCCO2)C1. The Hall–Kier alpha value is -1.40. The number of aromatic nitrogens is 2. The third kappa shape index (κ3) is 3.93. The van der Waals surface area contributed by atoms with E-state index in [1.54, 1.807) is 0 Å². The van der Waals surface area contributed by atoms with E-state index in [1.165, 1.54) is 0 Å². The Labute approximate surface area is 137 Å². The van der Waals surface area contributed by atoms with Gasteiger partial charge in [0.1, 0.15) is 11.9 Å². The van der Waals surface area contributed by atoms with Crippen molar-refractivity contribution in [3.63, 3.8) is 0 Å². The Bertz CT molecular complexity index is 525. The van der Waals surface area contributed by atoms with Crippen LogP contribution in [0.15, 0.2) is 12.4 Å². The monoisotopic (exact) mass is 321 g/mol. The zero-order valence-electron chi connectivity index (χ0n) is 14.1. The van der Waals surface area contributed by atoms with E-state index < -0.39 is 6.10 Å². The summed E-state index contributed by atoms with van der Waals surface area (Å²) in [6, 6.07) is 0.320. The van der Waals surface area contributed by atoms with Gasteiger partial charge in [-0.25, -0.2) is 4.98 Å². The van der Waals surface area contributed by atoms with Gasteiger partial charge in [-0.1, -0.05) is 0 Å². The highest BCUT2D eigenvalue weighted by atomic mass is 16.5. The van der Waals surface area contributed by atoms with Crippen molar-refractivity contribution in [2.24, 2.45) is 0 Å². The molecule has 0 aliphatic carbocycles. The maximum absolute atomic E-state index is 12.6. The Morgan fingerprint density at radius 3 is 3.04 bits per heavy atom. The average Bonchev–Trinajstić information content (AvgIpc) is 3.23. The minimum Gasteiger partial charge on any atom is -0.376 e. The van der Waals surface area contributed by atoms with Gasteiger partial charge >= 0.3 is 0 Å². The van der Waals surface area contributed by atoms with E-state index in [4.69, 9.17) is 9.47 Å². The summed E-state index contributed by atoms with van der Waals surface area (Å²) in [5, 5.41) is 0. The minimum atomic E-state index is -0.401. The normalized spacial score (nSPS) is 26.4. The molecule has 0 unspecified atom stereocenters. The molecule has 6 nitrogen and oxygen atoms in total. The van der Waals surface area contributed by atoms with Crippen LogP contribution in [0, 0.1) is 6.92 Å². The first-order valence-corrected chi connectivity index (χ1v) is 8.66. The number of imidazole rings is 1. The molecule has 0 spiro atoms. The number of ether oxygens (including phenoxy) is 2. The van der Waals surface area contributed by atoms with Gasteiger partial charge in [-0.3, -0.25) is 4.79 Å². The van der Waals surface area contributed by atoms with Gasteiger partial charge in [0.05, 0.1) is 18.8 Å². The molecule has 3 rings (SSSR count). The highest BCUT2D eigenvalue weighted by Gasteiger charge is 2.29. The first kappa shape index (κ1) is 16.5. The van der Waals surface area contributed by atoms with Gasteiger partial charge in [-0.05, 0) is 39.5 Å². The number of amides is 1. The number of hydrogen-bond acceptors (Lipinski definition) is 4. The molecule has 2 aliphatic heterocycles. The lowest BCUT2D eigenvalue weighted by Gasteiger charge is -2.35. The standard InChI is InChI=1S/C17H27N3O3/c1-13(23-12-16-6-4-10-22-16)17(21)19-8-3-5-15(11-19)20-9-7-18-14(20)2/h7,9,13,15-16H,3-6,8,10-12H2,1-2H3/t13-,15-,16+/m1/s1. The number of aryl methyl sites for hydroxylation is 1. The fourth-order valence-corrected chi connectivity index (χ4v) is 3.51. The fourth-order valence-electron chi connectivity index (χ4n) is 3.51. The van der Waals surface area contributed by atoms with Crippen molar-refractivity contribution in [1.82, 2.24) is 14.5 Å². The highest BCUT2D eigenvalue weighted by Crippen LogP contribution is 2.23. The van der Waals surface area contributed by atoms with Crippen LogP contribution in [0.5, 0.6) is 0 Å². The molecule has 1 aromatic rings. The maximum Gasteiger partial charge on any atom is 0.251 e. The first-order chi connectivity index (χ1) is 11.1. The largest absolute Gasteiger partial charge is 0.376 e. The van der Waals surface area contributed by atoms with E-state index in [0.717, 1.165) is 51.2 Å². The summed E-state index contributed by atoms with van der Waals surface area (Å²) >= 11 is 0. The molecule has 1 amide bonds. The number of hydrogen-bond donors (Lipinski definition) is 0. The minimum absolute atomic E-state index is 0.0884. The quantitative estimate of drug-likeness (QED) is 0.831. The molecule has 1 aromatic heterocycles. The molecule has 0 radical (unpaired) electrons. The van der Waals surface area contributed by atoms with Crippen molar-refractivity contribution >= 4 is 5.91 Å². The number of carbonyl (C=O) groups is 1. The molecule has 128 valence electrons. The lowest BCUT2D eigenvalue weighted by molar-refractivity contribution is -0.146. The van der Waals surface area contributed by atoms with E-state index >= 15 is 0 Å². The number of piperidine rings is 1. The fraction of sp³-hybridized carbons (Fsp3) is 0.765. The Morgan fingerprint density at radius 2 is 2.35 bits per heavy atom. The number of rotatable bonds is 5. The predicted octanol–water partition coefficient (Wildman–Crippen LogP) is 1.94. The smallest absolute Gasteiger partial charge is 0.251 e. The maximum atomic E-state index is 12.6. The topological polar surface area (TPSA) is 56.6 Å². The van der Waals surface area contributed by atoms with E-state index in [1.807, 2.05) is 31.1 Å². The second kappa shape index (κ2) is 7.45. The van der Waals surface area contributed by atoms with Gasteiger partial charge in [0.2, 0.25) is 0 Å². The summed E-state index contributed by atoms with van der Waals surface area (Å²) in [5.74, 6) is 1.09. The van der Waals surface area contributed by atoms with Gasteiger partial charge < -0.3 is 18.9 Å². The molecule has 2 fully saturated rings. The van der Waals surface area contributed by atoms with E-state index in [-0.39, 0.29) is 12.0 Å². The van der Waals surface area contributed by atoms with E-state index in [0.29, 0.717) is 12.6 Å². The van der Waals surface area contributed by atoms with Gasteiger partial charge in [-0.15, -0.1) is 0 Å². The van der Waals surface area contributed by atoms with Crippen molar-refractivity contribution in [2.75, 3.05) is 26.3 Å². The molecule has 0 aromatic carbocycles. The second-order valence-corrected chi connectivity index (χ2v) is 6.57. The molecular formula is C17H27N3O3. The third-order valence-electron chi connectivity index (χ3n) is 4.87. The van der Waals surface area contributed by atoms with Crippen molar-refractivity contribution in [1.29, 1.82) is 0 Å². The first-order valence-electron chi connectivity index (χ1n) is 8.66. The van der Waals surface area contributed by atoms with Crippen LogP contribution in [0.3, 0.4) is 0 Å². The number of carbonyl (C=O) groups excluding carboxylic acids is 1. The predicted molar refractivity (Wildman–Crippen MR) is 86.2 cm³/mol. The Kier molecular flexibility index (Phi) is 5.33. The number of nitrogens with zero attached hydrogens (tertiary/aromatic N) is 3. The van der Waals surface area contributed by atoms with E-state index in [2.05, 4.69) is 9.55 Å². The van der Waals surface area contributed by atoms with Crippen molar-refractivity contribution in [2.45, 2.75) is 57.8 Å². The van der Waals surface area contributed by atoms with Crippen LogP contribution in [0.1, 0.15) is 44.5 Å². The zero-order chi connectivity index (χ0) is 16.2. The summed E-state index contributed by atoms with van der Waals surface area (Å²) in [5.41, 5.74) is 0. The molecule has 23 heavy (non-hydrogen) atoms. The molecule has 3 atom stereocenters. The highest BCUT2D eigenvalue weighted by molar-refractivity contribution is 5.80. The van der Waals surface area contributed by atoms with Crippen LogP contribution in [0.2, 0.25) is 0 Å². The van der Waals surface area contributed by atoms with Crippen molar-refractivity contribution in [3.8, 4) is 0 Å². The van der Waals surface area contributed by atoms with Crippen molar-refractivity contribution in [3.05, 3.63) is 18.2 Å². The molecule has 3 heterocycles. The number of likely N-dealkylation sites (tertiary alicyclic amines) is 1. The van der Waals surface area contributed by atoms with Gasteiger partial charge in [0, 0.05) is 32.1 Å². The zero-order valence-corrected chi connectivity index (χ0v) is 14.1. The molecule has 0 saturated carbocycles. The average molecular weight is 321 g/mol. The third-order valence-corrected chi connectivity index (χ3v) is 4.87. The lowest BCUT2D eigenvalue weighted by Crippen LogP contribution is -2.45. The lowest BCUT2D eigenvalue weighted by atomic mass is 10.0. The molecule has 2 aliphatic rings. The molecule has 0 bridgehead atoms. The van der Waals surface area contributed by atoms with E-state index in [9.17, 15) is 4.79 Å². The second-order valence-electron chi connectivity index (χ2n) is 6.57. The molecular weight excluding hydrogens is 294 g/mol. The van der Waals surface area contributed by atoms with Crippen LogP contribution in [0.25, 0.3) is 0 Å². The summed E-state index contributed by atoms with van der Waals surface area (Å²) < 4.78 is 13.5. The van der Waals surface area contributed by atoms with Gasteiger partial charge in [0.25, 0.3) is 5.91 Å². The van der Waals surface area contributed by atoms with Gasteiger partial charge in [-0.2, -0.15) is 0 Å². The van der Waals surface area contributed by atoms with Crippen molar-refractivity contribution < 1.29 is 14.3 Å². The molecule has 6 heteroatoms. The Morgan fingerprint density at radius 1 is 1.48 bits per heavy atom. The van der Waals surface area contributed by atoms with Crippen LogP contribution in [-0.4, -0.2) is 58.9 Å². The van der Waals surface area contributed by atoms with Gasteiger partial charge in [0.15, 0.2) is 0 Å². The van der Waals surface area contributed by atoms with Crippen LogP contribution in [0.4, 0.5) is 0 Å². The molecule has 0 N–H and O–H groups in total. The summed E-state index contributed by atoms with van der Waals surface area (Å²) in [4.78, 5) is 18.9. The Balaban J connectivity index is 1.52. The van der Waals surface area contributed by atoms with Crippen LogP contribution >= 0.6 is 0 Å².